The van der Waals surface area contributed by atoms with Crippen molar-refractivity contribution in [3.63, 3.8) is 0 Å². The van der Waals surface area contributed by atoms with Gasteiger partial charge in [0.25, 0.3) is 5.91 Å². The van der Waals surface area contributed by atoms with E-state index in [4.69, 9.17) is 0 Å². The number of aliphatic hydroxyl groups is 1. The Morgan fingerprint density at radius 1 is 1.57 bits per heavy atom. The fourth-order valence-corrected chi connectivity index (χ4v) is 2.66. The third-order valence-corrected chi connectivity index (χ3v) is 3.84. The van der Waals surface area contributed by atoms with E-state index < -0.39 is 0 Å². The van der Waals surface area contributed by atoms with Crippen molar-refractivity contribution in [1.82, 2.24) is 15.2 Å². The van der Waals surface area contributed by atoms with Crippen LogP contribution < -0.4 is 5.32 Å². The molecule has 2 rings (SSSR count). The largest absolute Gasteiger partial charge is 0.505 e. The zero-order valence-electron chi connectivity index (χ0n) is 12.4. The van der Waals surface area contributed by atoms with E-state index in [0.29, 0.717) is 18.2 Å². The molecule has 1 saturated heterocycles. The minimum absolute atomic E-state index is 0.101. The average molecular weight is 293 g/mol. The van der Waals surface area contributed by atoms with Gasteiger partial charge in [0.05, 0.1) is 11.8 Å². The molecule has 3 N–H and O–H groups in total. The van der Waals surface area contributed by atoms with Crippen LogP contribution in [0.1, 0.15) is 28.9 Å². The van der Waals surface area contributed by atoms with Gasteiger partial charge in [-0.25, -0.2) is 0 Å². The molecule has 6 heteroatoms. The van der Waals surface area contributed by atoms with Gasteiger partial charge in [-0.1, -0.05) is 0 Å². The number of aromatic hydroxyl groups is 1. The number of likely N-dealkylation sites (tertiary alicyclic amines) is 1. The first-order chi connectivity index (χ1) is 10.1. The maximum atomic E-state index is 12.0. The predicted octanol–water partition coefficient (Wildman–Crippen LogP) is 0.530. The van der Waals surface area contributed by atoms with Crippen LogP contribution >= 0.6 is 0 Å². The van der Waals surface area contributed by atoms with Crippen LogP contribution in [0.25, 0.3) is 0 Å². The SMILES string of the molecule is Cc1cc(C(=O)NCCN2CCCC(CO)C2)c(O)cn1. The van der Waals surface area contributed by atoms with Crippen LogP contribution in [0.4, 0.5) is 0 Å². The summed E-state index contributed by atoms with van der Waals surface area (Å²) in [5, 5.41) is 21.7. The van der Waals surface area contributed by atoms with Crippen LogP contribution in [-0.2, 0) is 0 Å². The predicted molar refractivity (Wildman–Crippen MR) is 79.2 cm³/mol. The molecule has 1 aliphatic heterocycles. The van der Waals surface area contributed by atoms with Crippen molar-refractivity contribution in [3.8, 4) is 5.75 Å². The number of amides is 1. The van der Waals surface area contributed by atoms with Crippen LogP contribution in [0.15, 0.2) is 12.3 Å². The fraction of sp³-hybridized carbons (Fsp3) is 0.600. The van der Waals surface area contributed by atoms with Gasteiger partial charge in [0.15, 0.2) is 0 Å². The lowest BCUT2D eigenvalue weighted by Crippen LogP contribution is -2.41. The number of hydrogen-bond donors (Lipinski definition) is 3. The molecular weight excluding hydrogens is 270 g/mol. The second kappa shape index (κ2) is 7.38. The molecule has 2 heterocycles. The number of nitrogens with one attached hydrogen (secondary N) is 1. The molecule has 116 valence electrons. The van der Waals surface area contributed by atoms with Gasteiger partial charge < -0.3 is 20.4 Å². The summed E-state index contributed by atoms with van der Waals surface area (Å²) in [6.07, 6.45) is 3.45. The molecular formula is C15H23N3O3. The summed E-state index contributed by atoms with van der Waals surface area (Å²) >= 11 is 0. The Kier molecular flexibility index (Phi) is 5.52. The molecule has 1 unspecified atom stereocenters. The molecule has 1 atom stereocenters. The minimum Gasteiger partial charge on any atom is -0.505 e. The first-order valence-corrected chi connectivity index (χ1v) is 7.37. The van der Waals surface area contributed by atoms with E-state index in [1.54, 1.807) is 13.0 Å². The Balaban J connectivity index is 1.80. The highest BCUT2D eigenvalue weighted by Crippen LogP contribution is 2.16. The number of pyridine rings is 1. The Labute approximate surface area is 124 Å². The molecule has 0 radical (unpaired) electrons. The highest BCUT2D eigenvalue weighted by molar-refractivity contribution is 5.96. The molecule has 0 bridgehead atoms. The summed E-state index contributed by atoms with van der Waals surface area (Å²) in [5.41, 5.74) is 0.953. The Morgan fingerprint density at radius 3 is 3.14 bits per heavy atom. The number of aromatic nitrogens is 1. The highest BCUT2D eigenvalue weighted by atomic mass is 16.3. The quantitative estimate of drug-likeness (QED) is 0.737. The molecule has 1 aromatic rings. The van der Waals surface area contributed by atoms with Crippen LogP contribution in [0.5, 0.6) is 5.75 Å². The number of aryl methyl sites for hydroxylation is 1. The molecule has 6 nitrogen and oxygen atoms in total. The van der Waals surface area contributed by atoms with Gasteiger partial charge in [0.2, 0.25) is 0 Å². The third-order valence-electron chi connectivity index (χ3n) is 3.84. The van der Waals surface area contributed by atoms with Crippen molar-refractivity contribution in [2.45, 2.75) is 19.8 Å². The zero-order valence-corrected chi connectivity index (χ0v) is 12.4. The van der Waals surface area contributed by atoms with E-state index >= 15 is 0 Å². The molecule has 0 aromatic carbocycles. The lowest BCUT2D eigenvalue weighted by molar-refractivity contribution is 0.0928. The summed E-state index contributed by atoms with van der Waals surface area (Å²) < 4.78 is 0. The molecule has 1 aromatic heterocycles. The van der Waals surface area contributed by atoms with Gasteiger partial charge in [-0.15, -0.1) is 0 Å². The first-order valence-electron chi connectivity index (χ1n) is 7.37. The summed E-state index contributed by atoms with van der Waals surface area (Å²) in [5.74, 6) is -0.0357. The van der Waals surface area contributed by atoms with Gasteiger partial charge in [-0.2, -0.15) is 0 Å². The van der Waals surface area contributed by atoms with Crippen LogP contribution in [0, 0.1) is 12.8 Å². The van der Waals surface area contributed by atoms with Gasteiger partial charge in [0.1, 0.15) is 5.75 Å². The van der Waals surface area contributed by atoms with Crippen molar-refractivity contribution in [1.29, 1.82) is 0 Å². The molecule has 0 spiro atoms. The minimum atomic E-state index is -0.284. The molecule has 1 amide bonds. The number of piperidine rings is 1. The molecule has 0 aliphatic carbocycles. The van der Waals surface area contributed by atoms with Crippen molar-refractivity contribution in [2.75, 3.05) is 32.8 Å². The number of hydrogen-bond acceptors (Lipinski definition) is 5. The lowest BCUT2D eigenvalue weighted by Gasteiger charge is -2.31. The van der Waals surface area contributed by atoms with E-state index in [-0.39, 0.29) is 23.8 Å². The smallest absolute Gasteiger partial charge is 0.255 e. The van der Waals surface area contributed by atoms with Crippen molar-refractivity contribution in [2.24, 2.45) is 5.92 Å². The normalized spacial score (nSPS) is 19.4. The summed E-state index contributed by atoms with van der Waals surface area (Å²) in [6.45, 7) is 5.18. The summed E-state index contributed by atoms with van der Waals surface area (Å²) in [7, 11) is 0. The zero-order chi connectivity index (χ0) is 15.2. The van der Waals surface area contributed by atoms with Gasteiger partial charge in [-0.3, -0.25) is 9.78 Å². The number of carbonyl (C=O) groups is 1. The standard InChI is InChI=1S/C15H23N3O3/c1-11-7-13(14(20)8-17-11)15(21)16-4-6-18-5-2-3-12(9-18)10-19/h7-8,12,19-20H,2-6,9-10H2,1H3,(H,16,21). The van der Waals surface area contributed by atoms with Gasteiger partial charge in [-0.05, 0) is 38.3 Å². The Hall–Kier alpha value is -1.66. The van der Waals surface area contributed by atoms with Crippen molar-refractivity contribution >= 4 is 5.91 Å². The number of carbonyl (C=O) groups excluding carboxylic acids is 1. The van der Waals surface area contributed by atoms with Gasteiger partial charge in [0, 0.05) is 31.9 Å². The second-order valence-electron chi connectivity index (χ2n) is 5.59. The molecule has 21 heavy (non-hydrogen) atoms. The van der Waals surface area contributed by atoms with Crippen molar-refractivity contribution < 1.29 is 15.0 Å². The van der Waals surface area contributed by atoms with E-state index in [2.05, 4.69) is 15.2 Å². The van der Waals surface area contributed by atoms with Crippen molar-refractivity contribution in [3.05, 3.63) is 23.5 Å². The van der Waals surface area contributed by atoms with E-state index in [0.717, 1.165) is 32.5 Å². The van der Waals surface area contributed by atoms with Crippen LogP contribution in [0.3, 0.4) is 0 Å². The summed E-state index contributed by atoms with van der Waals surface area (Å²) in [6, 6.07) is 1.58. The van der Waals surface area contributed by atoms with E-state index in [1.807, 2.05) is 0 Å². The topological polar surface area (TPSA) is 85.7 Å². The molecule has 1 fully saturated rings. The van der Waals surface area contributed by atoms with E-state index in [9.17, 15) is 15.0 Å². The van der Waals surface area contributed by atoms with Crippen LogP contribution in [0.2, 0.25) is 0 Å². The number of aliphatic hydroxyl groups excluding tert-OH is 1. The second-order valence-corrected chi connectivity index (χ2v) is 5.59. The maximum Gasteiger partial charge on any atom is 0.255 e. The first kappa shape index (κ1) is 15.7. The van der Waals surface area contributed by atoms with Gasteiger partial charge >= 0.3 is 0 Å². The third kappa shape index (κ3) is 4.41. The monoisotopic (exact) mass is 293 g/mol. The summed E-state index contributed by atoms with van der Waals surface area (Å²) in [4.78, 5) is 18.2. The maximum absolute atomic E-state index is 12.0. The number of rotatable bonds is 5. The molecule has 0 saturated carbocycles. The Morgan fingerprint density at radius 2 is 2.38 bits per heavy atom. The average Bonchev–Trinajstić information content (AvgIpc) is 2.49. The van der Waals surface area contributed by atoms with Crippen LogP contribution in [-0.4, -0.2) is 58.8 Å². The molecule has 1 aliphatic rings. The highest BCUT2D eigenvalue weighted by Gasteiger charge is 2.19. The van der Waals surface area contributed by atoms with E-state index in [1.165, 1.54) is 6.20 Å². The lowest BCUT2D eigenvalue weighted by atomic mass is 9.99. The Bertz CT molecular complexity index is 493. The number of nitrogens with zero attached hydrogens (tertiary/aromatic N) is 2. The fourth-order valence-electron chi connectivity index (χ4n) is 2.66.